The van der Waals surface area contributed by atoms with Crippen molar-refractivity contribution in [3.05, 3.63) is 29.6 Å². The third kappa shape index (κ3) is 3.09. The van der Waals surface area contributed by atoms with Crippen molar-refractivity contribution in [1.82, 2.24) is 15.2 Å². The van der Waals surface area contributed by atoms with E-state index in [4.69, 9.17) is 0 Å². The van der Waals surface area contributed by atoms with Crippen LogP contribution < -0.4 is 5.32 Å². The van der Waals surface area contributed by atoms with Crippen LogP contribution in [0.5, 0.6) is 0 Å². The van der Waals surface area contributed by atoms with Crippen LogP contribution in [0, 0.1) is 12.8 Å². The van der Waals surface area contributed by atoms with Gasteiger partial charge in [-0.05, 0) is 64.0 Å². The van der Waals surface area contributed by atoms with Crippen LogP contribution in [0.15, 0.2) is 18.3 Å². The van der Waals surface area contributed by atoms with E-state index in [1.165, 1.54) is 30.6 Å². The molecule has 0 amide bonds. The fraction of sp³-hybridized carbons (Fsp3) is 0.667. The molecule has 0 spiro atoms. The average Bonchev–Trinajstić information content (AvgIpc) is 2.38. The third-order valence-corrected chi connectivity index (χ3v) is 3.90. The Labute approximate surface area is 111 Å². The molecule has 1 aromatic heterocycles. The van der Waals surface area contributed by atoms with Crippen LogP contribution in [0.2, 0.25) is 0 Å². The van der Waals surface area contributed by atoms with Crippen molar-refractivity contribution < 1.29 is 0 Å². The van der Waals surface area contributed by atoms with E-state index in [9.17, 15) is 0 Å². The molecule has 0 aromatic carbocycles. The highest BCUT2D eigenvalue weighted by Crippen LogP contribution is 2.33. The molecule has 0 bridgehead atoms. The Morgan fingerprint density at radius 1 is 1.44 bits per heavy atom. The summed E-state index contributed by atoms with van der Waals surface area (Å²) in [5.41, 5.74) is 2.46. The number of hydrogen-bond donors (Lipinski definition) is 1. The predicted molar refractivity (Wildman–Crippen MR) is 75.6 cm³/mol. The van der Waals surface area contributed by atoms with Crippen molar-refractivity contribution in [3.8, 4) is 0 Å². The first-order chi connectivity index (χ1) is 8.72. The smallest absolute Gasteiger partial charge is 0.0578 e. The van der Waals surface area contributed by atoms with Crippen LogP contribution in [0.25, 0.3) is 0 Å². The van der Waals surface area contributed by atoms with Crippen molar-refractivity contribution in [2.75, 3.05) is 26.7 Å². The summed E-state index contributed by atoms with van der Waals surface area (Å²) in [6.45, 7) is 7.60. The van der Waals surface area contributed by atoms with E-state index >= 15 is 0 Å². The molecule has 2 rings (SSSR count). The number of nitrogens with zero attached hydrogens (tertiary/aromatic N) is 2. The lowest BCUT2D eigenvalue weighted by molar-refractivity contribution is 0.116. The summed E-state index contributed by atoms with van der Waals surface area (Å²) in [4.78, 5) is 7.10. The predicted octanol–water partition coefficient (Wildman–Crippen LogP) is 2.38. The Balaban J connectivity index is 2.15. The number of pyridine rings is 1. The molecule has 3 nitrogen and oxygen atoms in total. The molecule has 100 valence electrons. The fourth-order valence-corrected chi connectivity index (χ4v) is 2.92. The molecule has 0 aliphatic carbocycles. The van der Waals surface area contributed by atoms with E-state index in [-0.39, 0.29) is 0 Å². The Morgan fingerprint density at radius 2 is 2.28 bits per heavy atom. The van der Waals surface area contributed by atoms with Gasteiger partial charge in [0.1, 0.15) is 0 Å². The maximum Gasteiger partial charge on any atom is 0.0578 e. The highest BCUT2D eigenvalue weighted by Gasteiger charge is 2.30. The molecule has 2 atom stereocenters. The molecule has 1 fully saturated rings. The van der Waals surface area contributed by atoms with Crippen LogP contribution in [-0.4, -0.2) is 36.6 Å². The highest BCUT2D eigenvalue weighted by atomic mass is 15.2. The van der Waals surface area contributed by atoms with Gasteiger partial charge in [0.05, 0.1) is 11.7 Å². The van der Waals surface area contributed by atoms with E-state index < -0.39 is 0 Å². The summed E-state index contributed by atoms with van der Waals surface area (Å²) in [7, 11) is 2.23. The first-order valence-corrected chi connectivity index (χ1v) is 7.06. The second-order valence-corrected chi connectivity index (χ2v) is 5.40. The van der Waals surface area contributed by atoms with Crippen LogP contribution in [0.4, 0.5) is 0 Å². The number of piperidine rings is 1. The summed E-state index contributed by atoms with van der Waals surface area (Å²) < 4.78 is 0. The SMILES string of the molecule is CCNCC1CCCN(C)C1c1ccc(C)cn1. The zero-order valence-corrected chi connectivity index (χ0v) is 11.8. The van der Waals surface area contributed by atoms with Crippen LogP contribution >= 0.6 is 0 Å². The van der Waals surface area contributed by atoms with Crippen LogP contribution in [0.3, 0.4) is 0 Å². The minimum absolute atomic E-state index is 0.471. The van der Waals surface area contributed by atoms with E-state index in [2.05, 4.69) is 48.2 Å². The Kier molecular flexibility index (Phi) is 4.72. The first-order valence-electron chi connectivity index (χ1n) is 7.06. The number of hydrogen-bond acceptors (Lipinski definition) is 3. The molecule has 2 heterocycles. The number of nitrogens with one attached hydrogen (secondary N) is 1. The number of likely N-dealkylation sites (tertiary alicyclic amines) is 1. The Morgan fingerprint density at radius 3 is 2.94 bits per heavy atom. The molecule has 1 N–H and O–H groups in total. The lowest BCUT2D eigenvalue weighted by Crippen LogP contribution is -2.40. The standard InChI is InChI=1S/C15H25N3/c1-4-16-11-13-6-5-9-18(3)15(13)14-8-7-12(2)10-17-14/h7-8,10,13,15-16H,4-6,9,11H2,1-3H3. The summed E-state index contributed by atoms with van der Waals surface area (Å²) in [6.07, 6.45) is 4.59. The number of rotatable bonds is 4. The van der Waals surface area contributed by atoms with Gasteiger partial charge in [0.2, 0.25) is 0 Å². The summed E-state index contributed by atoms with van der Waals surface area (Å²) in [6, 6.07) is 4.84. The van der Waals surface area contributed by atoms with Crippen molar-refractivity contribution in [3.63, 3.8) is 0 Å². The molecule has 0 radical (unpaired) electrons. The molecule has 1 aliphatic rings. The molecule has 1 aromatic rings. The average molecular weight is 247 g/mol. The minimum Gasteiger partial charge on any atom is -0.317 e. The Hall–Kier alpha value is -0.930. The molecular weight excluding hydrogens is 222 g/mol. The van der Waals surface area contributed by atoms with Crippen LogP contribution in [-0.2, 0) is 0 Å². The van der Waals surface area contributed by atoms with E-state index in [0.717, 1.165) is 13.1 Å². The molecule has 1 saturated heterocycles. The normalized spacial score (nSPS) is 25.3. The topological polar surface area (TPSA) is 28.2 Å². The zero-order chi connectivity index (χ0) is 13.0. The van der Waals surface area contributed by atoms with Gasteiger partial charge in [-0.1, -0.05) is 13.0 Å². The van der Waals surface area contributed by atoms with Gasteiger partial charge < -0.3 is 5.32 Å². The van der Waals surface area contributed by atoms with Gasteiger partial charge in [-0.3, -0.25) is 9.88 Å². The van der Waals surface area contributed by atoms with Gasteiger partial charge in [-0.2, -0.15) is 0 Å². The van der Waals surface area contributed by atoms with E-state index in [0.29, 0.717) is 12.0 Å². The van der Waals surface area contributed by atoms with Gasteiger partial charge in [0.25, 0.3) is 0 Å². The van der Waals surface area contributed by atoms with Gasteiger partial charge in [0.15, 0.2) is 0 Å². The quantitative estimate of drug-likeness (QED) is 0.885. The number of aryl methyl sites for hydroxylation is 1. The van der Waals surface area contributed by atoms with Crippen LogP contribution in [0.1, 0.15) is 37.1 Å². The highest BCUT2D eigenvalue weighted by molar-refractivity contribution is 5.16. The number of aromatic nitrogens is 1. The van der Waals surface area contributed by atoms with Crippen molar-refractivity contribution in [1.29, 1.82) is 0 Å². The molecule has 1 aliphatic heterocycles. The van der Waals surface area contributed by atoms with Crippen molar-refractivity contribution in [2.24, 2.45) is 5.92 Å². The van der Waals surface area contributed by atoms with Gasteiger partial charge in [-0.25, -0.2) is 0 Å². The summed E-state index contributed by atoms with van der Waals surface area (Å²) >= 11 is 0. The largest absolute Gasteiger partial charge is 0.317 e. The molecule has 18 heavy (non-hydrogen) atoms. The third-order valence-electron chi connectivity index (χ3n) is 3.90. The van der Waals surface area contributed by atoms with E-state index in [1.54, 1.807) is 0 Å². The van der Waals surface area contributed by atoms with Crippen molar-refractivity contribution in [2.45, 2.75) is 32.7 Å². The molecular formula is C15H25N3. The van der Waals surface area contributed by atoms with E-state index in [1.807, 2.05) is 6.20 Å². The minimum atomic E-state index is 0.471. The van der Waals surface area contributed by atoms with Gasteiger partial charge >= 0.3 is 0 Å². The fourth-order valence-electron chi connectivity index (χ4n) is 2.92. The molecule has 0 saturated carbocycles. The van der Waals surface area contributed by atoms with Crippen molar-refractivity contribution >= 4 is 0 Å². The zero-order valence-electron chi connectivity index (χ0n) is 11.8. The lowest BCUT2D eigenvalue weighted by Gasteiger charge is -2.39. The lowest BCUT2D eigenvalue weighted by atomic mass is 9.87. The summed E-state index contributed by atoms with van der Waals surface area (Å²) in [5, 5.41) is 3.50. The molecule has 2 unspecified atom stereocenters. The molecule has 3 heteroatoms. The first kappa shape index (κ1) is 13.5. The summed E-state index contributed by atoms with van der Waals surface area (Å²) in [5.74, 6) is 0.680. The maximum atomic E-state index is 4.64. The maximum absolute atomic E-state index is 4.64. The monoisotopic (exact) mass is 247 g/mol. The Bertz CT molecular complexity index is 361. The van der Waals surface area contributed by atoms with Gasteiger partial charge in [0, 0.05) is 6.20 Å². The second kappa shape index (κ2) is 6.30. The second-order valence-electron chi connectivity index (χ2n) is 5.40. The van der Waals surface area contributed by atoms with Gasteiger partial charge in [-0.15, -0.1) is 0 Å².